The first kappa shape index (κ1) is 17.3. The molecule has 1 saturated heterocycles. The van der Waals surface area contributed by atoms with E-state index >= 15 is 0 Å². The standard InChI is InChI=1S/C21H23N5O/c27-20(19-8-4-13-26(19)16-17-6-2-1-3-7-17)24-18-9-14-25(15-10-18)21-22-11-5-12-23-21/h1-8,11-13,18H,9-10,14-16H2,(H,24,27). The molecule has 0 atom stereocenters. The van der Waals surface area contributed by atoms with Gasteiger partial charge in [-0.15, -0.1) is 0 Å². The molecule has 2 aromatic heterocycles. The van der Waals surface area contributed by atoms with Gasteiger partial charge in [0, 0.05) is 44.3 Å². The summed E-state index contributed by atoms with van der Waals surface area (Å²) in [6, 6.07) is 16.0. The van der Waals surface area contributed by atoms with Crippen molar-refractivity contribution >= 4 is 11.9 Å². The Kier molecular flexibility index (Phi) is 5.14. The highest BCUT2D eigenvalue weighted by Crippen LogP contribution is 2.16. The van der Waals surface area contributed by atoms with Crippen LogP contribution in [0.1, 0.15) is 28.9 Å². The summed E-state index contributed by atoms with van der Waals surface area (Å²) in [6.07, 6.45) is 7.26. The molecule has 3 aromatic rings. The van der Waals surface area contributed by atoms with Crippen molar-refractivity contribution in [1.29, 1.82) is 0 Å². The lowest BCUT2D eigenvalue weighted by atomic mass is 10.1. The molecule has 1 aromatic carbocycles. The summed E-state index contributed by atoms with van der Waals surface area (Å²) >= 11 is 0. The second-order valence-corrected chi connectivity index (χ2v) is 6.79. The van der Waals surface area contributed by atoms with Crippen molar-refractivity contribution in [1.82, 2.24) is 19.9 Å². The molecule has 0 bridgehead atoms. The number of hydrogen-bond donors (Lipinski definition) is 1. The van der Waals surface area contributed by atoms with Crippen LogP contribution in [-0.4, -0.2) is 39.6 Å². The Morgan fingerprint density at radius 2 is 1.74 bits per heavy atom. The highest BCUT2D eigenvalue weighted by Gasteiger charge is 2.23. The smallest absolute Gasteiger partial charge is 0.268 e. The lowest BCUT2D eigenvalue weighted by Gasteiger charge is -2.32. The van der Waals surface area contributed by atoms with Crippen LogP contribution in [0.3, 0.4) is 0 Å². The number of carbonyl (C=O) groups excluding carboxylic acids is 1. The number of anilines is 1. The molecule has 0 unspecified atom stereocenters. The van der Waals surface area contributed by atoms with E-state index in [0.717, 1.165) is 31.9 Å². The van der Waals surface area contributed by atoms with Crippen LogP contribution in [0.4, 0.5) is 5.95 Å². The zero-order chi connectivity index (χ0) is 18.5. The Balaban J connectivity index is 1.35. The molecule has 6 nitrogen and oxygen atoms in total. The zero-order valence-electron chi connectivity index (χ0n) is 15.2. The highest BCUT2D eigenvalue weighted by atomic mass is 16.2. The fourth-order valence-electron chi connectivity index (χ4n) is 3.48. The molecular formula is C21H23N5O. The van der Waals surface area contributed by atoms with Crippen molar-refractivity contribution in [3.05, 3.63) is 78.4 Å². The van der Waals surface area contributed by atoms with Crippen LogP contribution in [0.2, 0.25) is 0 Å². The molecule has 0 spiro atoms. The fourth-order valence-corrected chi connectivity index (χ4v) is 3.48. The third kappa shape index (κ3) is 4.16. The molecule has 3 heterocycles. The summed E-state index contributed by atoms with van der Waals surface area (Å²) in [5.74, 6) is 0.754. The summed E-state index contributed by atoms with van der Waals surface area (Å²) in [5, 5.41) is 3.19. The lowest BCUT2D eigenvalue weighted by Crippen LogP contribution is -2.45. The number of nitrogens with one attached hydrogen (secondary N) is 1. The summed E-state index contributed by atoms with van der Waals surface area (Å²) < 4.78 is 2.00. The van der Waals surface area contributed by atoms with Crippen LogP contribution in [0.25, 0.3) is 0 Å². The quantitative estimate of drug-likeness (QED) is 0.759. The van der Waals surface area contributed by atoms with Crippen molar-refractivity contribution in [2.75, 3.05) is 18.0 Å². The highest BCUT2D eigenvalue weighted by molar-refractivity contribution is 5.93. The summed E-state index contributed by atoms with van der Waals surface area (Å²) in [4.78, 5) is 23.5. The van der Waals surface area contributed by atoms with Crippen molar-refractivity contribution in [3.63, 3.8) is 0 Å². The van der Waals surface area contributed by atoms with E-state index in [9.17, 15) is 4.79 Å². The minimum Gasteiger partial charge on any atom is -0.348 e. The summed E-state index contributed by atoms with van der Waals surface area (Å²) in [6.45, 7) is 2.39. The van der Waals surface area contributed by atoms with Gasteiger partial charge >= 0.3 is 0 Å². The van der Waals surface area contributed by atoms with E-state index in [1.54, 1.807) is 12.4 Å². The van der Waals surface area contributed by atoms with Gasteiger partial charge in [0.15, 0.2) is 0 Å². The van der Waals surface area contributed by atoms with Gasteiger partial charge in [-0.3, -0.25) is 4.79 Å². The molecule has 1 amide bonds. The van der Waals surface area contributed by atoms with Crippen molar-refractivity contribution < 1.29 is 4.79 Å². The third-order valence-electron chi connectivity index (χ3n) is 4.92. The second kappa shape index (κ2) is 8.03. The van der Waals surface area contributed by atoms with Crippen LogP contribution in [0, 0.1) is 0 Å². The van der Waals surface area contributed by atoms with Crippen LogP contribution >= 0.6 is 0 Å². The van der Waals surface area contributed by atoms with Gasteiger partial charge in [0.1, 0.15) is 5.69 Å². The molecule has 6 heteroatoms. The molecular weight excluding hydrogens is 338 g/mol. The van der Waals surface area contributed by atoms with Crippen molar-refractivity contribution in [2.24, 2.45) is 0 Å². The predicted molar refractivity (Wildman–Crippen MR) is 105 cm³/mol. The second-order valence-electron chi connectivity index (χ2n) is 6.79. The van der Waals surface area contributed by atoms with Crippen LogP contribution in [0.5, 0.6) is 0 Å². The molecule has 0 aliphatic carbocycles. The Labute approximate surface area is 158 Å². The number of benzene rings is 1. The molecule has 0 saturated carbocycles. The molecule has 1 N–H and O–H groups in total. The first-order valence-corrected chi connectivity index (χ1v) is 9.31. The average Bonchev–Trinajstić information content (AvgIpc) is 3.18. The van der Waals surface area contributed by atoms with E-state index in [4.69, 9.17) is 0 Å². The SMILES string of the molecule is O=C(NC1CCN(c2ncccn2)CC1)c1cccn1Cc1ccccc1. The number of nitrogens with zero attached hydrogens (tertiary/aromatic N) is 4. The number of amides is 1. The largest absolute Gasteiger partial charge is 0.348 e. The number of aromatic nitrogens is 3. The monoisotopic (exact) mass is 361 g/mol. The maximum atomic E-state index is 12.8. The minimum absolute atomic E-state index is 0.00894. The third-order valence-corrected chi connectivity index (χ3v) is 4.92. The van der Waals surface area contributed by atoms with Crippen molar-refractivity contribution in [2.45, 2.75) is 25.4 Å². The van der Waals surface area contributed by atoms with E-state index < -0.39 is 0 Å². The Bertz CT molecular complexity index is 870. The molecule has 1 aliphatic rings. The Hall–Kier alpha value is -3.15. The topological polar surface area (TPSA) is 63.1 Å². The van der Waals surface area contributed by atoms with Crippen LogP contribution in [-0.2, 0) is 6.54 Å². The molecule has 1 fully saturated rings. The average molecular weight is 361 g/mol. The normalized spacial score (nSPS) is 14.9. The first-order chi connectivity index (χ1) is 13.3. The van der Waals surface area contributed by atoms with Gasteiger partial charge in [0.2, 0.25) is 5.95 Å². The number of carbonyl (C=O) groups is 1. The summed E-state index contributed by atoms with van der Waals surface area (Å²) in [5.41, 5.74) is 1.88. The lowest BCUT2D eigenvalue weighted by molar-refractivity contribution is 0.0922. The van der Waals surface area contributed by atoms with Gasteiger partial charge in [-0.05, 0) is 36.6 Å². The number of hydrogen-bond acceptors (Lipinski definition) is 4. The van der Waals surface area contributed by atoms with Gasteiger partial charge in [0.25, 0.3) is 5.91 Å². The van der Waals surface area contributed by atoms with E-state index in [1.165, 1.54) is 5.56 Å². The molecule has 4 rings (SSSR count). The van der Waals surface area contributed by atoms with E-state index in [1.807, 2.05) is 47.2 Å². The zero-order valence-corrected chi connectivity index (χ0v) is 15.2. The van der Waals surface area contributed by atoms with Crippen LogP contribution in [0.15, 0.2) is 67.1 Å². The Morgan fingerprint density at radius 3 is 2.48 bits per heavy atom. The van der Waals surface area contributed by atoms with Gasteiger partial charge in [-0.25, -0.2) is 9.97 Å². The van der Waals surface area contributed by atoms with E-state index in [0.29, 0.717) is 12.2 Å². The van der Waals surface area contributed by atoms with Crippen LogP contribution < -0.4 is 10.2 Å². The molecule has 1 aliphatic heterocycles. The van der Waals surface area contributed by atoms with Gasteiger partial charge in [-0.1, -0.05) is 30.3 Å². The van der Waals surface area contributed by atoms with E-state index in [2.05, 4.69) is 32.3 Å². The number of rotatable bonds is 5. The maximum absolute atomic E-state index is 12.8. The van der Waals surface area contributed by atoms with Gasteiger partial charge in [0.05, 0.1) is 0 Å². The predicted octanol–water partition coefficient (Wildman–Crippen LogP) is 2.73. The maximum Gasteiger partial charge on any atom is 0.268 e. The van der Waals surface area contributed by atoms with Crippen molar-refractivity contribution in [3.8, 4) is 0 Å². The fraction of sp³-hybridized carbons (Fsp3) is 0.286. The summed E-state index contributed by atoms with van der Waals surface area (Å²) in [7, 11) is 0. The number of piperidine rings is 1. The van der Waals surface area contributed by atoms with Gasteiger partial charge in [-0.2, -0.15) is 0 Å². The minimum atomic E-state index is -0.00894. The Morgan fingerprint density at radius 1 is 1.00 bits per heavy atom. The van der Waals surface area contributed by atoms with E-state index in [-0.39, 0.29) is 11.9 Å². The molecule has 138 valence electrons. The van der Waals surface area contributed by atoms with Gasteiger partial charge < -0.3 is 14.8 Å². The molecule has 0 radical (unpaired) electrons. The first-order valence-electron chi connectivity index (χ1n) is 9.31. The molecule has 27 heavy (non-hydrogen) atoms.